The minimum atomic E-state index is -0.0137. The number of anilines is 1. The molecule has 4 nitrogen and oxygen atoms in total. The van der Waals surface area contributed by atoms with Gasteiger partial charge >= 0.3 is 0 Å². The van der Waals surface area contributed by atoms with Crippen molar-refractivity contribution in [1.82, 2.24) is 9.97 Å². The Bertz CT molecular complexity index is 472. The highest BCUT2D eigenvalue weighted by molar-refractivity contribution is 5.37. The average Bonchev–Trinajstić information content (AvgIpc) is 3.08. The lowest BCUT2D eigenvalue weighted by molar-refractivity contribution is 0.544. The zero-order valence-corrected chi connectivity index (χ0v) is 11.0. The Labute approximate surface area is 107 Å². The zero-order valence-electron chi connectivity index (χ0n) is 11.0. The molecule has 18 heavy (non-hydrogen) atoms. The van der Waals surface area contributed by atoms with Crippen LogP contribution in [0.25, 0.3) is 0 Å². The van der Waals surface area contributed by atoms with Crippen LogP contribution >= 0.6 is 0 Å². The van der Waals surface area contributed by atoms with Crippen LogP contribution in [0.3, 0.4) is 0 Å². The molecule has 2 fully saturated rings. The molecule has 3 rings (SSSR count). The van der Waals surface area contributed by atoms with Gasteiger partial charge in [-0.05, 0) is 31.6 Å². The summed E-state index contributed by atoms with van der Waals surface area (Å²) in [7, 11) is 2.05. The van der Waals surface area contributed by atoms with Crippen molar-refractivity contribution in [3.63, 3.8) is 0 Å². The summed E-state index contributed by atoms with van der Waals surface area (Å²) in [5.74, 6) is 3.00. The highest BCUT2D eigenvalue weighted by Gasteiger charge is 2.27. The highest BCUT2D eigenvalue weighted by atomic mass is 16.1. The first-order valence-corrected chi connectivity index (χ1v) is 7.05. The van der Waals surface area contributed by atoms with Crippen molar-refractivity contribution < 1.29 is 0 Å². The summed E-state index contributed by atoms with van der Waals surface area (Å²) in [5.41, 5.74) is -0.0137. The number of H-pyrrole nitrogens is 1. The van der Waals surface area contributed by atoms with Crippen LogP contribution in [0.1, 0.15) is 50.3 Å². The number of aromatic nitrogens is 2. The van der Waals surface area contributed by atoms with Crippen molar-refractivity contribution in [2.75, 3.05) is 18.5 Å². The minimum Gasteiger partial charge on any atom is -0.359 e. The zero-order chi connectivity index (χ0) is 12.5. The second-order valence-corrected chi connectivity index (χ2v) is 5.79. The van der Waals surface area contributed by atoms with Crippen molar-refractivity contribution in [2.45, 2.75) is 44.4 Å². The van der Waals surface area contributed by atoms with E-state index in [1.165, 1.54) is 38.5 Å². The smallest absolute Gasteiger partial charge is 0.252 e. The van der Waals surface area contributed by atoms with E-state index < -0.39 is 0 Å². The lowest BCUT2D eigenvalue weighted by atomic mass is 10.1. The largest absolute Gasteiger partial charge is 0.359 e. The molecule has 1 heterocycles. The number of hydrogen-bond acceptors (Lipinski definition) is 3. The third-order valence-corrected chi connectivity index (χ3v) is 4.11. The van der Waals surface area contributed by atoms with Gasteiger partial charge in [0, 0.05) is 25.6 Å². The highest BCUT2D eigenvalue weighted by Crippen LogP contribution is 2.38. The molecule has 0 atom stereocenters. The fraction of sp³-hybridized carbons (Fsp3) is 0.714. The van der Waals surface area contributed by atoms with E-state index in [1.54, 1.807) is 6.07 Å². The van der Waals surface area contributed by atoms with E-state index in [1.807, 2.05) is 0 Å². The number of nitrogens with zero attached hydrogens (tertiary/aromatic N) is 2. The Hall–Kier alpha value is -1.32. The second-order valence-electron chi connectivity index (χ2n) is 5.79. The molecule has 1 N–H and O–H groups in total. The topological polar surface area (TPSA) is 49.0 Å². The Morgan fingerprint density at radius 1 is 1.33 bits per heavy atom. The molecule has 0 radical (unpaired) electrons. The van der Waals surface area contributed by atoms with Gasteiger partial charge in [0.1, 0.15) is 11.6 Å². The molecule has 0 unspecified atom stereocenters. The molecule has 0 bridgehead atoms. The monoisotopic (exact) mass is 247 g/mol. The molecule has 0 saturated heterocycles. The Kier molecular flexibility index (Phi) is 3.10. The lowest BCUT2D eigenvalue weighted by Gasteiger charge is -2.22. The predicted octanol–water partition coefficient (Wildman–Crippen LogP) is 2.27. The Morgan fingerprint density at radius 2 is 2.06 bits per heavy atom. The van der Waals surface area contributed by atoms with Crippen LogP contribution in [0.15, 0.2) is 10.9 Å². The van der Waals surface area contributed by atoms with Crippen molar-refractivity contribution in [1.29, 1.82) is 0 Å². The number of rotatable bonds is 4. The maximum absolute atomic E-state index is 11.7. The third kappa shape index (κ3) is 2.57. The van der Waals surface area contributed by atoms with Gasteiger partial charge in [0.25, 0.3) is 5.56 Å². The summed E-state index contributed by atoms with van der Waals surface area (Å²) < 4.78 is 0. The first-order valence-electron chi connectivity index (χ1n) is 7.05. The van der Waals surface area contributed by atoms with Crippen molar-refractivity contribution in [2.24, 2.45) is 5.92 Å². The first kappa shape index (κ1) is 11.8. The molecule has 0 amide bonds. The molecule has 0 aliphatic heterocycles. The van der Waals surface area contributed by atoms with E-state index in [-0.39, 0.29) is 5.56 Å². The Balaban J connectivity index is 1.75. The summed E-state index contributed by atoms with van der Waals surface area (Å²) in [6, 6.07) is 1.63. The van der Waals surface area contributed by atoms with Crippen LogP contribution in [0.4, 0.5) is 5.82 Å². The van der Waals surface area contributed by atoms with Gasteiger partial charge in [0.05, 0.1) is 0 Å². The van der Waals surface area contributed by atoms with Gasteiger partial charge in [-0.2, -0.15) is 0 Å². The SMILES string of the molecule is CN(CC1CCCC1)c1cc(=O)[nH]c(C2CC2)n1. The molecule has 98 valence electrons. The maximum Gasteiger partial charge on any atom is 0.252 e. The van der Waals surface area contributed by atoms with E-state index in [0.717, 1.165) is 24.1 Å². The predicted molar refractivity (Wildman–Crippen MR) is 72.1 cm³/mol. The molecular formula is C14H21N3O. The lowest BCUT2D eigenvalue weighted by Crippen LogP contribution is -2.27. The summed E-state index contributed by atoms with van der Waals surface area (Å²) in [4.78, 5) is 21.3. The van der Waals surface area contributed by atoms with E-state index in [9.17, 15) is 4.79 Å². The van der Waals surface area contributed by atoms with Crippen molar-refractivity contribution >= 4 is 5.82 Å². The van der Waals surface area contributed by atoms with Gasteiger partial charge < -0.3 is 9.88 Å². The van der Waals surface area contributed by atoms with Crippen molar-refractivity contribution in [3.8, 4) is 0 Å². The van der Waals surface area contributed by atoms with Crippen LogP contribution in [0.2, 0.25) is 0 Å². The molecule has 0 aromatic carbocycles. The van der Waals surface area contributed by atoms with E-state index in [4.69, 9.17) is 0 Å². The van der Waals surface area contributed by atoms with E-state index >= 15 is 0 Å². The summed E-state index contributed by atoms with van der Waals surface area (Å²) in [5, 5.41) is 0. The van der Waals surface area contributed by atoms with Gasteiger partial charge in [0.15, 0.2) is 0 Å². The molecule has 0 spiro atoms. The van der Waals surface area contributed by atoms with Crippen LogP contribution in [-0.4, -0.2) is 23.6 Å². The normalized spacial score (nSPS) is 20.3. The van der Waals surface area contributed by atoms with E-state index in [2.05, 4.69) is 21.9 Å². The summed E-state index contributed by atoms with van der Waals surface area (Å²) in [6.07, 6.45) is 7.69. The Morgan fingerprint density at radius 3 is 2.72 bits per heavy atom. The summed E-state index contributed by atoms with van der Waals surface area (Å²) in [6.45, 7) is 1.03. The molecule has 2 aliphatic rings. The third-order valence-electron chi connectivity index (χ3n) is 4.11. The molecule has 2 saturated carbocycles. The molecule has 1 aromatic heterocycles. The van der Waals surface area contributed by atoms with Gasteiger partial charge in [-0.1, -0.05) is 12.8 Å². The molecule has 2 aliphatic carbocycles. The fourth-order valence-electron chi connectivity index (χ4n) is 2.88. The number of nitrogens with one attached hydrogen (secondary N) is 1. The van der Waals surface area contributed by atoms with E-state index in [0.29, 0.717) is 5.92 Å². The van der Waals surface area contributed by atoms with Crippen molar-refractivity contribution in [3.05, 3.63) is 22.2 Å². The van der Waals surface area contributed by atoms with Gasteiger partial charge in [-0.15, -0.1) is 0 Å². The molecule has 4 heteroatoms. The van der Waals surface area contributed by atoms with Crippen LogP contribution < -0.4 is 10.5 Å². The van der Waals surface area contributed by atoms with Gasteiger partial charge in [-0.3, -0.25) is 4.79 Å². The average molecular weight is 247 g/mol. The molecule has 1 aromatic rings. The first-order chi connectivity index (χ1) is 8.72. The second kappa shape index (κ2) is 4.75. The number of hydrogen-bond donors (Lipinski definition) is 1. The quantitative estimate of drug-likeness (QED) is 0.888. The minimum absolute atomic E-state index is 0.0137. The fourth-order valence-corrected chi connectivity index (χ4v) is 2.88. The van der Waals surface area contributed by atoms with Gasteiger partial charge in [0.2, 0.25) is 0 Å². The maximum atomic E-state index is 11.7. The van der Waals surface area contributed by atoms with Crippen LogP contribution in [0.5, 0.6) is 0 Å². The van der Waals surface area contributed by atoms with Gasteiger partial charge in [-0.25, -0.2) is 4.98 Å². The number of aromatic amines is 1. The standard InChI is InChI=1S/C14H21N3O/c1-17(9-10-4-2-3-5-10)12-8-13(18)16-14(15-12)11-6-7-11/h8,10-11H,2-7,9H2,1H3,(H,15,16,18). The summed E-state index contributed by atoms with van der Waals surface area (Å²) >= 11 is 0. The molecular weight excluding hydrogens is 226 g/mol. The van der Waals surface area contributed by atoms with Crippen LogP contribution in [0, 0.1) is 5.92 Å². The van der Waals surface area contributed by atoms with Crippen LogP contribution in [-0.2, 0) is 0 Å².